The zero-order valence-corrected chi connectivity index (χ0v) is 8.18. The Hall–Kier alpha value is -0.780. The van der Waals surface area contributed by atoms with E-state index in [1.54, 1.807) is 16.7 Å². The molecule has 0 aliphatic heterocycles. The summed E-state index contributed by atoms with van der Waals surface area (Å²) in [6, 6.07) is 0. The summed E-state index contributed by atoms with van der Waals surface area (Å²) >= 11 is 0. The Kier molecular flexibility index (Phi) is 2.68. The number of hydrogen-bond acceptors (Lipinski definition) is 0. The molecule has 0 aromatic carbocycles. The molecule has 1 radical (unpaired) electrons. The van der Waals surface area contributed by atoms with Gasteiger partial charge in [0.25, 0.3) is 0 Å². The van der Waals surface area contributed by atoms with Crippen LogP contribution in [0.25, 0.3) is 0 Å². The van der Waals surface area contributed by atoms with Gasteiger partial charge in [-0.2, -0.15) is 0 Å². The molecule has 0 amide bonds. The molecule has 13 heavy (non-hydrogen) atoms. The molecule has 0 nitrogen and oxygen atoms in total. The lowest BCUT2D eigenvalue weighted by Gasteiger charge is -2.01. The number of allylic oxidation sites excluding steroid dienone is 6. The first-order valence-corrected chi connectivity index (χ1v) is 5.27. The molecule has 0 aromatic rings. The maximum Gasteiger partial charge on any atom is -0.0132 e. The van der Waals surface area contributed by atoms with Crippen molar-refractivity contribution >= 4 is 0 Å². The van der Waals surface area contributed by atoms with Crippen LogP contribution in [0.2, 0.25) is 0 Å². The Balaban J connectivity index is 2.20. The highest BCUT2D eigenvalue weighted by atomic mass is 14.2. The molecule has 0 saturated heterocycles. The first-order valence-electron chi connectivity index (χ1n) is 5.27. The van der Waals surface area contributed by atoms with Gasteiger partial charge in [0, 0.05) is 0 Å². The molecule has 0 heteroatoms. The average Bonchev–Trinajstić information content (AvgIpc) is 2.46. The van der Waals surface area contributed by atoms with Gasteiger partial charge in [-0.15, -0.1) is 0 Å². The summed E-state index contributed by atoms with van der Waals surface area (Å²) in [6.07, 6.45) is 14.3. The zero-order chi connectivity index (χ0) is 9.10. The summed E-state index contributed by atoms with van der Waals surface area (Å²) in [5.41, 5.74) is 4.74. The van der Waals surface area contributed by atoms with Gasteiger partial charge in [0.1, 0.15) is 0 Å². The monoisotopic (exact) mass is 173 g/mol. The second-order valence-corrected chi connectivity index (χ2v) is 3.92. The zero-order valence-electron chi connectivity index (χ0n) is 8.18. The lowest BCUT2D eigenvalue weighted by Crippen LogP contribution is -1.82. The van der Waals surface area contributed by atoms with E-state index >= 15 is 0 Å². The van der Waals surface area contributed by atoms with Crippen molar-refractivity contribution in [1.29, 1.82) is 0 Å². The molecule has 0 aromatic heterocycles. The van der Waals surface area contributed by atoms with E-state index in [4.69, 9.17) is 0 Å². The molecule has 0 bridgehead atoms. The molecule has 2 aliphatic carbocycles. The normalized spacial score (nSPS) is 21.5. The smallest absolute Gasteiger partial charge is 0.0132 e. The summed E-state index contributed by atoms with van der Waals surface area (Å²) in [4.78, 5) is 0. The van der Waals surface area contributed by atoms with Crippen molar-refractivity contribution in [3.05, 3.63) is 41.9 Å². The van der Waals surface area contributed by atoms with Gasteiger partial charge in [0.05, 0.1) is 0 Å². The Bertz CT molecular complexity index is 276. The van der Waals surface area contributed by atoms with Crippen molar-refractivity contribution in [3.8, 4) is 0 Å². The Labute approximate surface area is 81.0 Å². The van der Waals surface area contributed by atoms with E-state index in [1.807, 2.05) is 0 Å². The second kappa shape index (κ2) is 3.95. The maximum absolute atomic E-state index is 3.91. The molecule has 0 fully saturated rings. The van der Waals surface area contributed by atoms with Crippen LogP contribution in [0.5, 0.6) is 0 Å². The molecule has 0 atom stereocenters. The van der Waals surface area contributed by atoms with Crippen LogP contribution in [0.3, 0.4) is 0 Å². The van der Waals surface area contributed by atoms with E-state index in [2.05, 4.69) is 25.2 Å². The molecule has 69 valence electrons. The van der Waals surface area contributed by atoms with E-state index < -0.39 is 0 Å². The van der Waals surface area contributed by atoms with Crippen molar-refractivity contribution in [2.45, 2.75) is 38.5 Å². The molecular weight excluding hydrogens is 156 g/mol. The molecule has 0 N–H and O–H groups in total. The molecule has 0 spiro atoms. The van der Waals surface area contributed by atoms with Gasteiger partial charge >= 0.3 is 0 Å². The lowest BCUT2D eigenvalue weighted by molar-refractivity contribution is 0.892. The van der Waals surface area contributed by atoms with Crippen LogP contribution in [0.15, 0.2) is 34.9 Å². The standard InChI is InChI=1S/C13H17/c1-2-5-11-6-3-7-12-8-4-9-13(12)10-11/h3,7,10H,1-2,4-6,8-9H2. The van der Waals surface area contributed by atoms with Crippen molar-refractivity contribution in [1.82, 2.24) is 0 Å². The largest absolute Gasteiger partial charge is 0.0802 e. The van der Waals surface area contributed by atoms with Crippen LogP contribution in [-0.4, -0.2) is 0 Å². The van der Waals surface area contributed by atoms with E-state index in [0.29, 0.717) is 0 Å². The Morgan fingerprint density at radius 3 is 2.92 bits per heavy atom. The third-order valence-corrected chi connectivity index (χ3v) is 2.88. The van der Waals surface area contributed by atoms with Crippen LogP contribution in [0, 0.1) is 6.92 Å². The highest BCUT2D eigenvalue weighted by Crippen LogP contribution is 2.32. The minimum Gasteiger partial charge on any atom is -0.0802 e. The third kappa shape index (κ3) is 1.93. The minimum absolute atomic E-state index is 1.03. The second-order valence-electron chi connectivity index (χ2n) is 3.92. The van der Waals surface area contributed by atoms with Crippen molar-refractivity contribution < 1.29 is 0 Å². The number of rotatable bonds is 2. The fraction of sp³-hybridized carbons (Fsp3) is 0.462. The van der Waals surface area contributed by atoms with E-state index in [9.17, 15) is 0 Å². The molecular formula is C13H17. The van der Waals surface area contributed by atoms with Crippen LogP contribution in [0.4, 0.5) is 0 Å². The molecule has 2 aliphatic rings. The molecule has 0 saturated carbocycles. The molecule has 2 rings (SSSR count). The maximum atomic E-state index is 3.91. The topological polar surface area (TPSA) is 0 Å². The summed E-state index contributed by atoms with van der Waals surface area (Å²) in [7, 11) is 0. The molecule has 0 heterocycles. The number of hydrogen-bond donors (Lipinski definition) is 0. The fourth-order valence-electron chi connectivity index (χ4n) is 2.20. The van der Waals surface area contributed by atoms with Crippen molar-refractivity contribution in [3.63, 3.8) is 0 Å². The third-order valence-electron chi connectivity index (χ3n) is 2.88. The van der Waals surface area contributed by atoms with Gasteiger partial charge in [-0.3, -0.25) is 0 Å². The highest BCUT2D eigenvalue weighted by Gasteiger charge is 2.12. The van der Waals surface area contributed by atoms with Gasteiger partial charge in [-0.25, -0.2) is 0 Å². The lowest BCUT2D eigenvalue weighted by atomic mass is 10.0. The Morgan fingerprint density at radius 1 is 1.23 bits per heavy atom. The van der Waals surface area contributed by atoms with Gasteiger partial charge < -0.3 is 0 Å². The first kappa shape index (κ1) is 8.80. The fourth-order valence-corrected chi connectivity index (χ4v) is 2.20. The van der Waals surface area contributed by atoms with Crippen LogP contribution >= 0.6 is 0 Å². The van der Waals surface area contributed by atoms with Crippen LogP contribution in [-0.2, 0) is 0 Å². The SMILES string of the molecule is [CH2]CCC1=CC2=C(C=CC1)CCC2. The summed E-state index contributed by atoms with van der Waals surface area (Å²) < 4.78 is 0. The van der Waals surface area contributed by atoms with Crippen molar-refractivity contribution in [2.24, 2.45) is 0 Å². The van der Waals surface area contributed by atoms with Gasteiger partial charge in [0.2, 0.25) is 0 Å². The highest BCUT2D eigenvalue weighted by molar-refractivity contribution is 5.41. The Morgan fingerprint density at radius 2 is 2.08 bits per heavy atom. The molecule has 0 unspecified atom stereocenters. The summed E-state index contributed by atoms with van der Waals surface area (Å²) in [5.74, 6) is 0. The van der Waals surface area contributed by atoms with Crippen LogP contribution < -0.4 is 0 Å². The average molecular weight is 173 g/mol. The van der Waals surface area contributed by atoms with E-state index in [1.165, 1.54) is 25.7 Å². The quantitative estimate of drug-likeness (QED) is 0.592. The van der Waals surface area contributed by atoms with Crippen LogP contribution in [0.1, 0.15) is 38.5 Å². The van der Waals surface area contributed by atoms with Gasteiger partial charge in [-0.05, 0) is 49.7 Å². The first-order chi connectivity index (χ1) is 6.40. The summed E-state index contributed by atoms with van der Waals surface area (Å²) in [6.45, 7) is 3.91. The van der Waals surface area contributed by atoms with E-state index in [-0.39, 0.29) is 0 Å². The van der Waals surface area contributed by atoms with Gasteiger partial charge in [0.15, 0.2) is 0 Å². The minimum atomic E-state index is 1.03. The predicted octanol–water partition coefficient (Wildman–Crippen LogP) is 3.97. The summed E-state index contributed by atoms with van der Waals surface area (Å²) in [5, 5.41) is 0. The van der Waals surface area contributed by atoms with E-state index in [0.717, 1.165) is 12.8 Å². The van der Waals surface area contributed by atoms with Crippen molar-refractivity contribution in [2.75, 3.05) is 0 Å². The van der Waals surface area contributed by atoms with Gasteiger partial charge in [-0.1, -0.05) is 30.7 Å². The predicted molar refractivity (Wildman–Crippen MR) is 57.3 cm³/mol.